The Morgan fingerprint density at radius 1 is 1.44 bits per heavy atom. The van der Waals surface area contributed by atoms with Crippen molar-refractivity contribution < 1.29 is 18.0 Å². The van der Waals surface area contributed by atoms with E-state index >= 15 is 0 Å². The van der Waals surface area contributed by atoms with Gasteiger partial charge in [0.2, 0.25) is 0 Å². The van der Waals surface area contributed by atoms with Gasteiger partial charge in [-0.05, 0) is 12.1 Å². The third-order valence-corrected chi connectivity index (χ3v) is 2.31. The van der Waals surface area contributed by atoms with Gasteiger partial charge in [0.25, 0.3) is 11.5 Å². The maximum atomic E-state index is 12.7. The fourth-order valence-electron chi connectivity index (χ4n) is 1.34. The molecule has 0 atom stereocenters. The standard InChI is InChI=1S/C10H8BrF3N2O2/c1-5(11)4-16-7(10(12,13)14)3-2-6(8(15)17)9(16)18/h2-3H,1,4H2,(H2,15,17). The number of nitrogens with zero attached hydrogens (tertiary/aromatic N) is 1. The van der Waals surface area contributed by atoms with Gasteiger partial charge in [-0.25, -0.2) is 0 Å². The SMILES string of the molecule is C=C(Br)Cn1c(C(F)(F)F)ccc(C(N)=O)c1=O. The molecule has 0 aromatic carbocycles. The van der Waals surface area contributed by atoms with Crippen LogP contribution in [-0.2, 0) is 12.7 Å². The molecule has 18 heavy (non-hydrogen) atoms. The molecule has 1 rings (SSSR count). The van der Waals surface area contributed by atoms with Crippen LogP contribution >= 0.6 is 15.9 Å². The fourth-order valence-corrected chi connectivity index (χ4v) is 1.59. The molecule has 4 nitrogen and oxygen atoms in total. The van der Waals surface area contributed by atoms with Crippen LogP contribution in [0.1, 0.15) is 16.1 Å². The van der Waals surface area contributed by atoms with E-state index in [-0.39, 0.29) is 4.48 Å². The first-order valence-electron chi connectivity index (χ1n) is 4.58. The molecular weight excluding hydrogens is 317 g/mol. The number of carbonyl (C=O) groups excluding carboxylic acids is 1. The molecular formula is C10H8BrF3N2O2. The summed E-state index contributed by atoms with van der Waals surface area (Å²) in [7, 11) is 0. The number of halogens is 4. The van der Waals surface area contributed by atoms with Gasteiger partial charge >= 0.3 is 6.18 Å². The van der Waals surface area contributed by atoms with E-state index in [1.165, 1.54) is 0 Å². The van der Waals surface area contributed by atoms with Crippen molar-refractivity contribution in [1.82, 2.24) is 4.57 Å². The second kappa shape index (κ2) is 4.97. The van der Waals surface area contributed by atoms with Crippen molar-refractivity contribution in [2.24, 2.45) is 5.73 Å². The van der Waals surface area contributed by atoms with Crippen LogP contribution < -0.4 is 11.3 Å². The van der Waals surface area contributed by atoms with Crippen LogP contribution in [0.2, 0.25) is 0 Å². The van der Waals surface area contributed by atoms with Crippen molar-refractivity contribution in [2.45, 2.75) is 12.7 Å². The number of alkyl halides is 3. The van der Waals surface area contributed by atoms with Crippen LogP contribution in [0.15, 0.2) is 28.0 Å². The molecule has 1 amide bonds. The topological polar surface area (TPSA) is 65.1 Å². The van der Waals surface area contributed by atoms with E-state index in [4.69, 9.17) is 5.73 Å². The van der Waals surface area contributed by atoms with Gasteiger partial charge in [0.15, 0.2) is 0 Å². The molecule has 0 aliphatic carbocycles. The molecule has 0 unspecified atom stereocenters. The van der Waals surface area contributed by atoms with Gasteiger partial charge in [-0.15, -0.1) is 0 Å². The molecule has 0 bridgehead atoms. The zero-order valence-electron chi connectivity index (χ0n) is 8.92. The van der Waals surface area contributed by atoms with Crippen LogP contribution in [0.25, 0.3) is 0 Å². The van der Waals surface area contributed by atoms with Gasteiger partial charge in [-0.2, -0.15) is 13.2 Å². The molecule has 2 N–H and O–H groups in total. The molecule has 1 aromatic rings. The van der Waals surface area contributed by atoms with E-state index < -0.39 is 35.4 Å². The van der Waals surface area contributed by atoms with Crippen LogP contribution in [-0.4, -0.2) is 10.5 Å². The van der Waals surface area contributed by atoms with Crippen LogP contribution in [0.5, 0.6) is 0 Å². The lowest BCUT2D eigenvalue weighted by Crippen LogP contribution is -2.33. The van der Waals surface area contributed by atoms with Crippen LogP contribution in [0, 0.1) is 0 Å². The fraction of sp³-hybridized carbons (Fsp3) is 0.200. The lowest BCUT2D eigenvalue weighted by atomic mass is 10.2. The smallest absolute Gasteiger partial charge is 0.365 e. The molecule has 8 heteroatoms. The monoisotopic (exact) mass is 324 g/mol. The maximum absolute atomic E-state index is 12.7. The van der Waals surface area contributed by atoms with E-state index in [2.05, 4.69) is 22.5 Å². The number of aromatic nitrogens is 1. The Bertz CT molecular complexity index is 563. The summed E-state index contributed by atoms with van der Waals surface area (Å²) < 4.78 is 38.6. The molecule has 1 heterocycles. The number of hydrogen-bond donors (Lipinski definition) is 1. The summed E-state index contributed by atoms with van der Waals surface area (Å²) in [5.74, 6) is -1.08. The van der Waals surface area contributed by atoms with Gasteiger partial charge < -0.3 is 5.73 Å². The van der Waals surface area contributed by atoms with E-state index in [0.717, 1.165) is 6.07 Å². The van der Waals surface area contributed by atoms with Crippen LogP contribution in [0.4, 0.5) is 13.2 Å². The number of hydrogen-bond acceptors (Lipinski definition) is 2. The molecule has 0 aliphatic heterocycles. The van der Waals surface area contributed by atoms with Crippen molar-refractivity contribution in [1.29, 1.82) is 0 Å². The second-order valence-electron chi connectivity index (χ2n) is 3.40. The minimum absolute atomic E-state index is 0.164. The summed E-state index contributed by atoms with van der Waals surface area (Å²) in [6, 6.07) is 1.40. The van der Waals surface area contributed by atoms with Crippen molar-refractivity contribution in [3.05, 3.63) is 44.8 Å². The van der Waals surface area contributed by atoms with E-state index in [1.807, 2.05) is 0 Å². The first kappa shape index (κ1) is 14.5. The van der Waals surface area contributed by atoms with Gasteiger partial charge in [0, 0.05) is 4.48 Å². The zero-order chi connectivity index (χ0) is 14.1. The Morgan fingerprint density at radius 2 is 2.00 bits per heavy atom. The third kappa shape index (κ3) is 3.00. The minimum Gasteiger partial charge on any atom is -0.365 e. The molecule has 0 saturated heterocycles. The number of pyridine rings is 1. The summed E-state index contributed by atoms with van der Waals surface area (Å²) in [5, 5.41) is 0. The van der Waals surface area contributed by atoms with Gasteiger partial charge in [0.05, 0.1) is 6.54 Å². The molecule has 0 spiro atoms. The van der Waals surface area contributed by atoms with Crippen molar-refractivity contribution >= 4 is 21.8 Å². The number of nitrogens with two attached hydrogens (primary N) is 1. The number of carbonyl (C=O) groups is 1. The lowest BCUT2D eigenvalue weighted by molar-refractivity contribution is -0.144. The summed E-state index contributed by atoms with van der Waals surface area (Å²) in [4.78, 5) is 22.6. The van der Waals surface area contributed by atoms with Crippen molar-refractivity contribution in [2.75, 3.05) is 0 Å². The Morgan fingerprint density at radius 3 is 2.39 bits per heavy atom. The Labute approximate surface area is 108 Å². The number of allylic oxidation sites excluding steroid dienone is 1. The highest BCUT2D eigenvalue weighted by atomic mass is 79.9. The highest BCUT2D eigenvalue weighted by Crippen LogP contribution is 2.29. The maximum Gasteiger partial charge on any atom is 0.431 e. The molecule has 0 fully saturated rings. The summed E-state index contributed by atoms with van der Waals surface area (Å²) in [5.41, 5.74) is 2.14. The second-order valence-corrected chi connectivity index (χ2v) is 4.52. The predicted molar refractivity (Wildman–Crippen MR) is 62.3 cm³/mol. The van der Waals surface area contributed by atoms with E-state index in [9.17, 15) is 22.8 Å². The van der Waals surface area contributed by atoms with Gasteiger partial charge in [-0.3, -0.25) is 14.2 Å². The van der Waals surface area contributed by atoms with E-state index in [0.29, 0.717) is 10.6 Å². The Balaban J connectivity index is 3.57. The Kier molecular flexibility index (Phi) is 4.00. The largest absolute Gasteiger partial charge is 0.431 e. The molecule has 1 aromatic heterocycles. The lowest BCUT2D eigenvalue weighted by Gasteiger charge is -2.15. The average molecular weight is 325 g/mol. The highest BCUT2D eigenvalue weighted by Gasteiger charge is 2.35. The highest BCUT2D eigenvalue weighted by molar-refractivity contribution is 9.11. The third-order valence-electron chi connectivity index (χ3n) is 2.06. The summed E-state index contributed by atoms with van der Waals surface area (Å²) in [6.07, 6.45) is -4.71. The molecule has 98 valence electrons. The molecule has 0 radical (unpaired) electrons. The first-order chi connectivity index (χ1) is 8.14. The van der Waals surface area contributed by atoms with E-state index in [1.54, 1.807) is 0 Å². The Hall–Kier alpha value is -1.57. The number of primary amides is 1. The number of amides is 1. The summed E-state index contributed by atoms with van der Waals surface area (Å²) >= 11 is 2.87. The molecule has 0 aliphatic rings. The van der Waals surface area contributed by atoms with Crippen molar-refractivity contribution in [3.8, 4) is 0 Å². The normalized spacial score (nSPS) is 11.3. The quantitative estimate of drug-likeness (QED) is 0.922. The predicted octanol–water partition coefficient (Wildman–Crippen LogP) is 1.87. The average Bonchev–Trinajstić information content (AvgIpc) is 2.17. The van der Waals surface area contributed by atoms with Gasteiger partial charge in [-0.1, -0.05) is 22.5 Å². The first-order valence-corrected chi connectivity index (χ1v) is 5.38. The van der Waals surface area contributed by atoms with Crippen molar-refractivity contribution in [3.63, 3.8) is 0 Å². The van der Waals surface area contributed by atoms with Gasteiger partial charge in [0.1, 0.15) is 11.3 Å². The molecule has 0 saturated carbocycles. The van der Waals surface area contributed by atoms with Crippen LogP contribution in [0.3, 0.4) is 0 Å². The summed E-state index contributed by atoms with van der Waals surface area (Å²) in [6.45, 7) is 2.95. The number of rotatable bonds is 3. The zero-order valence-corrected chi connectivity index (χ0v) is 10.5. The minimum atomic E-state index is -4.71.